The van der Waals surface area contributed by atoms with E-state index in [1.54, 1.807) is 0 Å². The maximum absolute atomic E-state index is 13.1. The Bertz CT molecular complexity index is 808. The van der Waals surface area contributed by atoms with Crippen LogP contribution in [0.25, 0.3) is 0 Å². The normalized spacial score (nSPS) is 12.6. The standard InChI is InChI=1S/C16H16ClFN2O3S/c1-19-16(21)10-15(11-2-6-13(18)7-3-11)20-24(22,23)14-8-4-12(17)5-9-14/h2-9,15,20H,10H2,1H3,(H,19,21). The summed E-state index contributed by atoms with van der Waals surface area (Å²) in [6.07, 6.45) is -0.116. The summed E-state index contributed by atoms with van der Waals surface area (Å²) in [7, 11) is -2.41. The zero-order valence-corrected chi connectivity index (χ0v) is 14.4. The molecule has 0 aliphatic rings. The van der Waals surface area contributed by atoms with Gasteiger partial charge in [0.15, 0.2) is 0 Å². The van der Waals surface area contributed by atoms with Crippen molar-refractivity contribution in [3.8, 4) is 0 Å². The van der Waals surface area contributed by atoms with Crippen LogP contribution in [0, 0.1) is 5.82 Å². The molecule has 1 amide bonds. The topological polar surface area (TPSA) is 75.3 Å². The van der Waals surface area contributed by atoms with E-state index >= 15 is 0 Å². The van der Waals surface area contributed by atoms with E-state index in [0.717, 1.165) is 0 Å². The fraction of sp³-hybridized carbons (Fsp3) is 0.188. The molecular formula is C16H16ClFN2O3S. The first-order chi connectivity index (χ1) is 11.3. The summed E-state index contributed by atoms with van der Waals surface area (Å²) in [4.78, 5) is 11.7. The van der Waals surface area contributed by atoms with Crippen molar-refractivity contribution in [2.24, 2.45) is 0 Å². The van der Waals surface area contributed by atoms with E-state index in [4.69, 9.17) is 11.6 Å². The van der Waals surface area contributed by atoms with Crippen molar-refractivity contribution in [1.29, 1.82) is 0 Å². The number of rotatable bonds is 6. The first-order valence-electron chi connectivity index (χ1n) is 7.06. The number of halogens is 2. The third-order valence-corrected chi connectivity index (χ3v) is 5.10. The molecule has 0 bridgehead atoms. The Morgan fingerprint density at radius 1 is 1.12 bits per heavy atom. The van der Waals surface area contributed by atoms with Crippen molar-refractivity contribution in [1.82, 2.24) is 10.0 Å². The van der Waals surface area contributed by atoms with Gasteiger partial charge in [-0.15, -0.1) is 0 Å². The second-order valence-electron chi connectivity index (χ2n) is 5.06. The Morgan fingerprint density at radius 2 is 1.71 bits per heavy atom. The molecule has 8 heteroatoms. The molecule has 128 valence electrons. The highest BCUT2D eigenvalue weighted by molar-refractivity contribution is 7.89. The fourth-order valence-electron chi connectivity index (χ4n) is 2.08. The molecule has 0 aromatic heterocycles. The molecule has 0 saturated heterocycles. The molecule has 0 fully saturated rings. The van der Waals surface area contributed by atoms with Crippen molar-refractivity contribution in [2.75, 3.05) is 7.05 Å². The van der Waals surface area contributed by atoms with E-state index < -0.39 is 21.9 Å². The Hall–Kier alpha value is -1.96. The van der Waals surface area contributed by atoms with Gasteiger partial charge < -0.3 is 5.32 Å². The molecule has 24 heavy (non-hydrogen) atoms. The van der Waals surface area contributed by atoms with E-state index in [1.165, 1.54) is 55.6 Å². The number of nitrogens with one attached hydrogen (secondary N) is 2. The third kappa shape index (κ3) is 4.77. The summed E-state index contributed by atoms with van der Waals surface area (Å²) >= 11 is 5.76. The number of amides is 1. The average molecular weight is 371 g/mol. The van der Waals surface area contributed by atoms with Crippen LogP contribution in [0.5, 0.6) is 0 Å². The number of hydrogen-bond acceptors (Lipinski definition) is 3. The zero-order valence-electron chi connectivity index (χ0n) is 12.8. The molecule has 0 aliphatic heterocycles. The maximum atomic E-state index is 13.1. The van der Waals surface area contributed by atoms with Gasteiger partial charge in [-0.25, -0.2) is 17.5 Å². The Balaban J connectivity index is 2.31. The molecule has 2 rings (SSSR count). The van der Waals surface area contributed by atoms with Crippen molar-refractivity contribution in [3.63, 3.8) is 0 Å². The highest BCUT2D eigenvalue weighted by Crippen LogP contribution is 2.22. The highest BCUT2D eigenvalue weighted by Gasteiger charge is 2.23. The zero-order chi connectivity index (χ0) is 17.7. The summed E-state index contributed by atoms with van der Waals surface area (Å²) < 4.78 is 40.6. The second kappa shape index (κ2) is 7.74. The van der Waals surface area contributed by atoms with Gasteiger partial charge in [-0.1, -0.05) is 23.7 Å². The van der Waals surface area contributed by atoms with Crippen LogP contribution < -0.4 is 10.0 Å². The number of hydrogen-bond donors (Lipinski definition) is 2. The van der Waals surface area contributed by atoms with Gasteiger partial charge in [-0.2, -0.15) is 0 Å². The van der Waals surface area contributed by atoms with Crippen LogP contribution in [-0.4, -0.2) is 21.4 Å². The number of sulfonamides is 1. The van der Waals surface area contributed by atoms with Crippen LogP contribution in [0.15, 0.2) is 53.4 Å². The van der Waals surface area contributed by atoms with E-state index in [0.29, 0.717) is 10.6 Å². The Morgan fingerprint density at radius 3 is 2.25 bits per heavy atom. The molecule has 1 atom stereocenters. The molecular weight excluding hydrogens is 355 g/mol. The van der Waals surface area contributed by atoms with Crippen LogP contribution in [0.2, 0.25) is 5.02 Å². The minimum atomic E-state index is -3.87. The molecule has 2 N–H and O–H groups in total. The molecule has 0 heterocycles. The van der Waals surface area contributed by atoms with E-state index in [1.807, 2.05) is 0 Å². The molecule has 1 unspecified atom stereocenters. The van der Waals surface area contributed by atoms with Gasteiger partial charge >= 0.3 is 0 Å². The molecule has 0 spiro atoms. The van der Waals surface area contributed by atoms with Gasteiger partial charge in [0, 0.05) is 18.5 Å². The van der Waals surface area contributed by atoms with Gasteiger partial charge in [0.2, 0.25) is 15.9 Å². The summed E-state index contributed by atoms with van der Waals surface area (Å²) in [5.41, 5.74) is 0.484. The largest absolute Gasteiger partial charge is 0.359 e. The molecule has 0 aliphatic carbocycles. The van der Waals surface area contributed by atoms with Gasteiger partial charge in [-0.05, 0) is 42.0 Å². The summed E-state index contributed by atoms with van der Waals surface area (Å²) in [6.45, 7) is 0. The van der Waals surface area contributed by atoms with Crippen LogP contribution in [0.1, 0.15) is 18.0 Å². The fourth-order valence-corrected chi connectivity index (χ4v) is 3.43. The quantitative estimate of drug-likeness (QED) is 0.820. The summed E-state index contributed by atoms with van der Waals surface area (Å²) in [5, 5.41) is 2.86. The average Bonchev–Trinajstić information content (AvgIpc) is 2.55. The Labute approximate surface area is 144 Å². The lowest BCUT2D eigenvalue weighted by Gasteiger charge is -2.18. The first-order valence-corrected chi connectivity index (χ1v) is 8.92. The predicted octanol–water partition coefficient (Wildman–Crippen LogP) is 2.63. The monoisotopic (exact) mass is 370 g/mol. The lowest BCUT2D eigenvalue weighted by atomic mass is 10.0. The van der Waals surface area contributed by atoms with Crippen molar-refractivity contribution in [3.05, 3.63) is 64.9 Å². The lowest BCUT2D eigenvalue weighted by Crippen LogP contribution is -2.32. The molecule has 2 aromatic carbocycles. The molecule has 5 nitrogen and oxygen atoms in total. The number of carbonyl (C=O) groups excluding carboxylic acids is 1. The van der Waals surface area contributed by atoms with Crippen molar-refractivity contribution >= 4 is 27.5 Å². The van der Waals surface area contributed by atoms with Crippen molar-refractivity contribution in [2.45, 2.75) is 17.4 Å². The van der Waals surface area contributed by atoms with E-state index in [-0.39, 0.29) is 17.2 Å². The molecule has 0 radical (unpaired) electrons. The second-order valence-corrected chi connectivity index (χ2v) is 7.21. The number of carbonyl (C=O) groups is 1. The van der Waals surface area contributed by atoms with E-state index in [9.17, 15) is 17.6 Å². The smallest absolute Gasteiger partial charge is 0.241 e. The first kappa shape index (κ1) is 18.4. The summed E-state index contributed by atoms with van der Waals surface area (Å²) in [5.74, 6) is -0.791. The third-order valence-electron chi connectivity index (χ3n) is 3.36. The maximum Gasteiger partial charge on any atom is 0.241 e. The minimum Gasteiger partial charge on any atom is -0.359 e. The minimum absolute atomic E-state index is 0.0240. The van der Waals surface area contributed by atoms with Gasteiger partial charge in [-0.3, -0.25) is 4.79 Å². The summed E-state index contributed by atoms with van der Waals surface area (Å²) in [6, 6.07) is 10.1. The van der Waals surface area contributed by atoms with E-state index in [2.05, 4.69) is 10.0 Å². The molecule has 2 aromatic rings. The van der Waals surface area contributed by atoms with Crippen LogP contribution in [0.4, 0.5) is 4.39 Å². The molecule has 0 saturated carbocycles. The highest BCUT2D eigenvalue weighted by atomic mass is 35.5. The van der Waals surface area contributed by atoms with Crippen LogP contribution in [0.3, 0.4) is 0 Å². The lowest BCUT2D eigenvalue weighted by molar-refractivity contribution is -0.121. The number of benzene rings is 2. The predicted molar refractivity (Wildman–Crippen MR) is 89.6 cm³/mol. The van der Waals surface area contributed by atoms with Gasteiger partial charge in [0.25, 0.3) is 0 Å². The Kier molecular flexibility index (Phi) is 5.93. The van der Waals surface area contributed by atoms with Gasteiger partial charge in [0.05, 0.1) is 10.9 Å². The van der Waals surface area contributed by atoms with Crippen LogP contribution >= 0.6 is 11.6 Å². The van der Waals surface area contributed by atoms with Crippen molar-refractivity contribution < 1.29 is 17.6 Å². The van der Waals surface area contributed by atoms with Gasteiger partial charge in [0.1, 0.15) is 5.82 Å². The SMILES string of the molecule is CNC(=O)CC(NS(=O)(=O)c1ccc(Cl)cc1)c1ccc(F)cc1. The van der Waals surface area contributed by atoms with Crippen LogP contribution in [-0.2, 0) is 14.8 Å².